The van der Waals surface area contributed by atoms with Gasteiger partial charge in [-0.25, -0.2) is 0 Å². The summed E-state index contributed by atoms with van der Waals surface area (Å²) in [5, 5.41) is 19.0. The Kier molecular flexibility index (Phi) is 4.32. The molecule has 1 unspecified atom stereocenters. The van der Waals surface area contributed by atoms with Gasteiger partial charge in [0.05, 0.1) is 23.3 Å². The van der Waals surface area contributed by atoms with Crippen molar-refractivity contribution >= 4 is 5.69 Å². The molecule has 1 fully saturated rings. The van der Waals surface area contributed by atoms with Crippen LogP contribution in [0.15, 0.2) is 18.2 Å². The third kappa shape index (κ3) is 2.95. The van der Waals surface area contributed by atoms with Gasteiger partial charge in [0.15, 0.2) is 0 Å². The van der Waals surface area contributed by atoms with E-state index in [2.05, 4.69) is 17.9 Å². The number of nitrogens with zero attached hydrogens (tertiary/aromatic N) is 2. The molecule has 1 heterocycles. The summed E-state index contributed by atoms with van der Waals surface area (Å²) in [6.07, 6.45) is 1.52. The van der Waals surface area contributed by atoms with Gasteiger partial charge in [0.1, 0.15) is 0 Å². The predicted octanol–water partition coefficient (Wildman–Crippen LogP) is 2.62. The molecule has 1 saturated heterocycles. The van der Waals surface area contributed by atoms with Crippen LogP contribution in [0.4, 0.5) is 5.69 Å². The van der Waals surface area contributed by atoms with Crippen molar-refractivity contribution in [3.8, 4) is 6.07 Å². The fourth-order valence-corrected chi connectivity index (χ4v) is 2.82. The Morgan fingerprint density at radius 1 is 1.50 bits per heavy atom. The molecule has 0 aromatic heterocycles. The minimum Gasteiger partial charge on any atom is -0.389 e. The molecule has 108 valence electrons. The first-order chi connectivity index (χ1) is 9.49. The molecule has 0 aliphatic carbocycles. The fourth-order valence-electron chi connectivity index (χ4n) is 2.82. The number of hydrogen-bond acceptors (Lipinski definition) is 4. The van der Waals surface area contributed by atoms with E-state index in [9.17, 15) is 5.11 Å². The zero-order valence-electron chi connectivity index (χ0n) is 12.4. The van der Waals surface area contributed by atoms with Crippen LogP contribution in [0.3, 0.4) is 0 Å². The highest BCUT2D eigenvalue weighted by Gasteiger charge is 2.32. The van der Waals surface area contributed by atoms with Gasteiger partial charge in [0.25, 0.3) is 0 Å². The number of rotatable bonds is 3. The summed E-state index contributed by atoms with van der Waals surface area (Å²) in [6.45, 7) is 5.56. The fraction of sp³-hybridized carbons (Fsp3) is 0.562. The van der Waals surface area contributed by atoms with E-state index in [1.54, 1.807) is 20.1 Å². The van der Waals surface area contributed by atoms with Crippen LogP contribution in [0.5, 0.6) is 0 Å². The maximum absolute atomic E-state index is 9.95. The lowest BCUT2D eigenvalue weighted by molar-refractivity contribution is -0.00476. The molecule has 0 spiro atoms. The minimum absolute atomic E-state index is 0.170. The monoisotopic (exact) mass is 274 g/mol. The second-order valence-corrected chi connectivity index (χ2v) is 5.74. The standard InChI is InChI=1S/C16H22N2O2/c1-12(19)14-6-5-13(10-17)9-15(14)18-8-4-7-16(2,11-18)20-3/h5-6,9,12,19H,4,7-8,11H2,1-3H3/t12-,16?/m0/s1. The van der Waals surface area contributed by atoms with Gasteiger partial charge in [-0.15, -0.1) is 0 Å². The van der Waals surface area contributed by atoms with E-state index in [1.165, 1.54) is 0 Å². The molecule has 0 bridgehead atoms. The molecular weight excluding hydrogens is 252 g/mol. The average molecular weight is 274 g/mol. The molecule has 0 saturated carbocycles. The van der Waals surface area contributed by atoms with Crippen molar-refractivity contribution in [3.05, 3.63) is 29.3 Å². The van der Waals surface area contributed by atoms with E-state index >= 15 is 0 Å². The van der Waals surface area contributed by atoms with Crippen molar-refractivity contribution in [2.24, 2.45) is 0 Å². The summed E-state index contributed by atoms with van der Waals surface area (Å²) < 4.78 is 5.62. The number of aliphatic hydroxyl groups is 1. The van der Waals surface area contributed by atoms with Gasteiger partial charge in [-0.1, -0.05) is 6.07 Å². The minimum atomic E-state index is -0.548. The molecule has 4 heteroatoms. The van der Waals surface area contributed by atoms with Crippen LogP contribution >= 0.6 is 0 Å². The first-order valence-electron chi connectivity index (χ1n) is 7.01. The van der Waals surface area contributed by atoms with Crippen LogP contribution in [0.25, 0.3) is 0 Å². The molecule has 1 aliphatic heterocycles. The number of methoxy groups -OCH3 is 1. The van der Waals surface area contributed by atoms with Crippen molar-refractivity contribution in [1.29, 1.82) is 5.26 Å². The number of nitriles is 1. The molecule has 2 atom stereocenters. The normalized spacial score (nSPS) is 24.2. The van der Waals surface area contributed by atoms with Crippen molar-refractivity contribution in [1.82, 2.24) is 0 Å². The Labute approximate surface area is 120 Å². The summed E-state index contributed by atoms with van der Waals surface area (Å²) in [6, 6.07) is 7.63. The van der Waals surface area contributed by atoms with E-state index < -0.39 is 6.10 Å². The second-order valence-electron chi connectivity index (χ2n) is 5.74. The zero-order valence-corrected chi connectivity index (χ0v) is 12.4. The highest BCUT2D eigenvalue weighted by atomic mass is 16.5. The second kappa shape index (κ2) is 5.82. The lowest BCUT2D eigenvalue weighted by Crippen LogP contribution is -2.47. The van der Waals surface area contributed by atoms with Crippen molar-refractivity contribution < 1.29 is 9.84 Å². The van der Waals surface area contributed by atoms with E-state index in [4.69, 9.17) is 10.00 Å². The number of anilines is 1. The summed E-state index contributed by atoms with van der Waals surface area (Å²) in [5.74, 6) is 0. The highest BCUT2D eigenvalue weighted by Crippen LogP contribution is 2.33. The van der Waals surface area contributed by atoms with Crippen LogP contribution in [-0.2, 0) is 4.74 Å². The van der Waals surface area contributed by atoms with Crippen molar-refractivity contribution in [3.63, 3.8) is 0 Å². The summed E-state index contributed by atoms with van der Waals surface area (Å²) >= 11 is 0. The Bertz CT molecular complexity index is 522. The zero-order chi connectivity index (χ0) is 14.8. The quantitative estimate of drug-likeness (QED) is 0.920. The Hall–Kier alpha value is -1.57. The number of aliphatic hydroxyl groups excluding tert-OH is 1. The van der Waals surface area contributed by atoms with Gasteiger partial charge in [-0.3, -0.25) is 0 Å². The number of piperidine rings is 1. The van der Waals surface area contributed by atoms with Crippen LogP contribution in [0, 0.1) is 11.3 Å². The molecule has 0 radical (unpaired) electrons. The van der Waals surface area contributed by atoms with Crippen molar-refractivity contribution in [2.75, 3.05) is 25.1 Å². The topological polar surface area (TPSA) is 56.5 Å². The Morgan fingerprint density at radius 3 is 2.85 bits per heavy atom. The average Bonchev–Trinajstić information content (AvgIpc) is 2.46. The van der Waals surface area contributed by atoms with Crippen LogP contribution in [-0.4, -0.2) is 30.9 Å². The lowest BCUT2D eigenvalue weighted by Gasteiger charge is -2.41. The predicted molar refractivity (Wildman–Crippen MR) is 78.7 cm³/mol. The van der Waals surface area contributed by atoms with Gasteiger partial charge >= 0.3 is 0 Å². The molecule has 20 heavy (non-hydrogen) atoms. The number of benzene rings is 1. The van der Waals surface area contributed by atoms with E-state index in [0.717, 1.165) is 37.2 Å². The van der Waals surface area contributed by atoms with Gasteiger partial charge < -0.3 is 14.7 Å². The summed E-state index contributed by atoms with van der Waals surface area (Å²) in [7, 11) is 1.74. The molecule has 1 aromatic rings. The van der Waals surface area contributed by atoms with E-state index in [0.29, 0.717) is 5.56 Å². The van der Waals surface area contributed by atoms with E-state index in [1.807, 2.05) is 12.1 Å². The van der Waals surface area contributed by atoms with Crippen molar-refractivity contribution in [2.45, 2.75) is 38.4 Å². The molecule has 1 aliphatic rings. The van der Waals surface area contributed by atoms with Gasteiger partial charge in [-0.2, -0.15) is 5.26 Å². The molecular formula is C16H22N2O2. The Balaban J connectivity index is 2.37. The number of ether oxygens (including phenoxy) is 1. The van der Waals surface area contributed by atoms with Gasteiger partial charge in [0, 0.05) is 31.5 Å². The van der Waals surface area contributed by atoms with Crippen LogP contribution in [0.2, 0.25) is 0 Å². The SMILES string of the molecule is COC1(C)CCCN(c2cc(C#N)ccc2[C@H](C)O)C1. The molecule has 1 N–H and O–H groups in total. The van der Waals surface area contributed by atoms with Gasteiger partial charge in [0.2, 0.25) is 0 Å². The highest BCUT2D eigenvalue weighted by molar-refractivity contribution is 5.59. The molecule has 4 nitrogen and oxygen atoms in total. The third-order valence-electron chi connectivity index (χ3n) is 4.10. The molecule has 0 amide bonds. The summed E-state index contributed by atoms with van der Waals surface area (Å²) in [4.78, 5) is 2.22. The largest absolute Gasteiger partial charge is 0.389 e. The smallest absolute Gasteiger partial charge is 0.0992 e. The summed E-state index contributed by atoms with van der Waals surface area (Å²) in [5.41, 5.74) is 2.26. The lowest BCUT2D eigenvalue weighted by atomic mass is 9.93. The van der Waals surface area contributed by atoms with Crippen LogP contribution in [0.1, 0.15) is 43.9 Å². The van der Waals surface area contributed by atoms with Gasteiger partial charge in [-0.05, 0) is 38.8 Å². The maximum Gasteiger partial charge on any atom is 0.0992 e. The van der Waals surface area contributed by atoms with E-state index in [-0.39, 0.29) is 5.60 Å². The first-order valence-corrected chi connectivity index (χ1v) is 7.01. The van der Waals surface area contributed by atoms with Crippen LogP contribution < -0.4 is 4.90 Å². The maximum atomic E-state index is 9.95. The Morgan fingerprint density at radius 2 is 2.25 bits per heavy atom. The molecule has 1 aromatic carbocycles. The first kappa shape index (κ1) is 14.8. The third-order valence-corrected chi connectivity index (χ3v) is 4.10. The molecule has 2 rings (SSSR count). The number of hydrogen-bond donors (Lipinski definition) is 1.